The average Bonchev–Trinajstić information content (AvgIpc) is 2.28. The summed E-state index contributed by atoms with van der Waals surface area (Å²) in [7, 11) is 0. The van der Waals surface area contributed by atoms with Crippen LogP contribution in [0.3, 0.4) is 0 Å². The zero-order valence-electron chi connectivity index (χ0n) is 9.13. The van der Waals surface area contributed by atoms with Gasteiger partial charge in [0.15, 0.2) is 0 Å². The second-order valence-corrected chi connectivity index (χ2v) is 4.05. The zero-order valence-corrected chi connectivity index (χ0v) is 11.4. The Morgan fingerprint density at radius 1 is 1.00 bits per heavy atom. The first-order valence-electron chi connectivity index (χ1n) is 4.66. The van der Waals surface area contributed by atoms with Gasteiger partial charge in [0, 0.05) is 6.07 Å². The van der Waals surface area contributed by atoms with E-state index in [1.807, 2.05) is 0 Å². The van der Waals surface area contributed by atoms with Crippen molar-refractivity contribution < 1.29 is 9.84 Å². The van der Waals surface area contributed by atoms with Gasteiger partial charge in [0.1, 0.15) is 5.75 Å². The van der Waals surface area contributed by atoms with Crippen molar-refractivity contribution in [2.75, 3.05) is 13.2 Å². The van der Waals surface area contributed by atoms with Crippen molar-refractivity contribution in [2.45, 2.75) is 0 Å². The van der Waals surface area contributed by atoms with Crippen LogP contribution in [0.5, 0.6) is 5.75 Å². The van der Waals surface area contributed by atoms with E-state index in [-0.39, 0.29) is 10.8 Å². The predicted octanol–water partition coefficient (Wildman–Crippen LogP) is 4.73. The van der Waals surface area contributed by atoms with Crippen LogP contribution >= 0.6 is 34.8 Å². The van der Waals surface area contributed by atoms with Crippen molar-refractivity contribution in [3.05, 3.63) is 52.5 Å². The van der Waals surface area contributed by atoms with E-state index >= 15 is 0 Å². The summed E-state index contributed by atoms with van der Waals surface area (Å²) >= 11 is 16.6. The first-order valence-corrected chi connectivity index (χ1v) is 5.79. The summed E-state index contributed by atoms with van der Waals surface area (Å²) in [4.78, 5) is 0. The van der Waals surface area contributed by atoms with Crippen LogP contribution in [0.25, 0.3) is 0 Å². The summed E-state index contributed by atoms with van der Waals surface area (Å²) in [5.74, 6) is -0.0592. The summed E-state index contributed by atoms with van der Waals surface area (Å²) in [5, 5.41) is 9.79. The molecule has 0 fully saturated rings. The minimum absolute atomic E-state index is 0.0592. The first kappa shape index (κ1) is 16.3. The predicted molar refractivity (Wildman–Crippen MR) is 74.3 cm³/mol. The number of ether oxygens (including phenoxy) is 1. The molecule has 0 amide bonds. The molecule has 1 aromatic carbocycles. The molecule has 2 nitrogen and oxygen atoms in total. The van der Waals surface area contributed by atoms with Crippen LogP contribution in [0.4, 0.5) is 0 Å². The molecule has 0 unspecified atom stereocenters. The number of hydrogen-bond acceptors (Lipinski definition) is 2. The third kappa shape index (κ3) is 7.29. The number of hydrogen-bond donors (Lipinski definition) is 1. The second kappa shape index (κ2) is 9.37. The van der Waals surface area contributed by atoms with Gasteiger partial charge in [-0.05, 0) is 6.07 Å². The molecular weight excluding hydrogens is 282 g/mol. The Kier molecular flexibility index (Phi) is 9.00. The fraction of sp³-hybridized carbons (Fsp3) is 0.167. The van der Waals surface area contributed by atoms with Gasteiger partial charge in [0.2, 0.25) is 0 Å². The molecule has 0 saturated carbocycles. The van der Waals surface area contributed by atoms with Crippen LogP contribution in [-0.4, -0.2) is 18.3 Å². The zero-order chi connectivity index (χ0) is 13.3. The number of halogens is 3. The SMILES string of the molecule is C=CCOCC=C.Oc1cc(Cl)c(Cl)cc1Cl. The molecule has 1 rings (SSSR count). The molecule has 0 spiro atoms. The van der Waals surface area contributed by atoms with Gasteiger partial charge in [-0.3, -0.25) is 0 Å². The topological polar surface area (TPSA) is 29.5 Å². The van der Waals surface area contributed by atoms with E-state index in [9.17, 15) is 0 Å². The maximum Gasteiger partial charge on any atom is 0.135 e. The van der Waals surface area contributed by atoms with E-state index in [1.54, 1.807) is 12.2 Å². The first-order chi connectivity index (χ1) is 8.02. The molecule has 0 saturated heterocycles. The van der Waals surface area contributed by atoms with Crippen molar-refractivity contribution in [1.29, 1.82) is 0 Å². The highest BCUT2D eigenvalue weighted by atomic mass is 35.5. The van der Waals surface area contributed by atoms with E-state index in [4.69, 9.17) is 44.6 Å². The summed E-state index contributed by atoms with van der Waals surface area (Å²) in [6.45, 7) is 8.18. The van der Waals surface area contributed by atoms with Crippen LogP contribution in [0.15, 0.2) is 37.4 Å². The number of benzene rings is 1. The van der Waals surface area contributed by atoms with Crippen molar-refractivity contribution in [1.82, 2.24) is 0 Å². The van der Waals surface area contributed by atoms with Crippen molar-refractivity contribution >= 4 is 34.8 Å². The second-order valence-electron chi connectivity index (χ2n) is 2.83. The molecule has 1 aromatic rings. The van der Waals surface area contributed by atoms with Crippen molar-refractivity contribution in [3.8, 4) is 5.75 Å². The highest BCUT2D eigenvalue weighted by Crippen LogP contribution is 2.32. The number of phenols is 1. The fourth-order valence-corrected chi connectivity index (χ4v) is 1.29. The standard InChI is InChI=1S/C6H3Cl3O.C6H10O/c7-3-1-5(9)6(10)2-4(3)8;1-3-5-7-6-4-2/h1-2,10H;3-4H,1-2,5-6H2. The Morgan fingerprint density at radius 2 is 1.47 bits per heavy atom. The summed E-state index contributed by atoms with van der Waals surface area (Å²) in [6, 6.07) is 2.69. The molecule has 0 aromatic heterocycles. The van der Waals surface area contributed by atoms with E-state index in [2.05, 4.69) is 13.2 Å². The Balaban J connectivity index is 0.000000325. The van der Waals surface area contributed by atoms with E-state index in [0.717, 1.165) is 0 Å². The van der Waals surface area contributed by atoms with Gasteiger partial charge in [0.25, 0.3) is 0 Å². The maximum absolute atomic E-state index is 8.95. The lowest BCUT2D eigenvalue weighted by Crippen LogP contribution is -1.87. The molecule has 0 aliphatic heterocycles. The largest absolute Gasteiger partial charge is 0.506 e. The minimum atomic E-state index is -0.0592. The Labute approximate surface area is 116 Å². The average molecular weight is 296 g/mol. The highest BCUT2D eigenvalue weighted by molar-refractivity contribution is 6.43. The molecular formula is C12H13Cl3O2. The lowest BCUT2D eigenvalue weighted by Gasteiger charge is -1.97. The lowest BCUT2D eigenvalue weighted by atomic mass is 10.3. The van der Waals surface area contributed by atoms with Gasteiger partial charge in [0.05, 0.1) is 28.3 Å². The molecule has 0 radical (unpaired) electrons. The number of aromatic hydroxyl groups is 1. The van der Waals surface area contributed by atoms with E-state index < -0.39 is 0 Å². The normalized spacial score (nSPS) is 9.12. The molecule has 0 bridgehead atoms. The van der Waals surface area contributed by atoms with Gasteiger partial charge >= 0.3 is 0 Å². The molecule has 0 aliphatic rings. The maximum atomic E-state index is 8.95. The van der Waals surface area contributed by atoms with Gasteiger partial charge in [-0.1, -0.05) is 47.0 Å². The van der Waals surface area contributed by atoms with Crippen LogP contribution in [-0.2, 0) is 4.74 Å². The van der Waals surface area contributed by atoms with Gasteiger partial charge in [-0.2, -0.15) is 0 Å². The minimum Gasteiger partial charge on any atom is -0.506 e. The molecule has 0 heterocycles. The number of phenolic OH excluding ortho intramolecular Hbond substituents is 1. The fourth-order valence-electron chi connectivity index (χ4n) is 0.747. The number of rotatable bonds is 4. The van der Waals surface area contributed by atoms with Crippen LogP contribution in [0, 0.1) is 0 Å². The molecule has 5 heteroatoms. The quantitative estimate of drug-likeness (QED) is 0.494. The van der Waals surface area contributed by atoms with E-state index in [0.29, 0.717) is 23.3 Å². The molecule has 0 atom stereocenters. The van der Waals surface area contributed by atoms with Crippen molar-refractivity contribution in [3.63, 3.8) is 0 Å². The molecule has 1 N–H and O–H groups in total. The van der Waals surface area contributed by atoms with Crippen LogP contribution in [0.1, 0.15) is 0 Å². The molecule has 94 valence electrons. The molecule has 17 heavy (non-hydrogen) atoms. The van der Waals surface area contributed by atoms with Gasteiger partial charge in [-0.15, -0.1) is 13.2 Å². The van der Waals surface area contributed by atoms with Gasteiger partial charge in [-0.25, -0.2) is 0 Å². The van der Waals surface area contributed by atoms with E-state index in [1.165, 1.54) is 12.1 Å². The monoisotopic (exact) mass is 294 g/mol. The van der Waals surface area contributed by atoms with Crippen LogP contribution in [0.2, 0.25) is 15.1 Å². The lowest BCUT2D eigenvalue weighted by molar-refractivity contribution is 0.194. The Hall–Kier alpha value is -0.670. The van der Waals surface area contributed by atoms with Crippen molar-refractivity contribution in [2.24, 2.45) is 0 Å². The third-order valence-electron chi connectivity index (χ3n) is 1.46. The Bertz CT molecular complexity index is 320. The smallest absolute Gasteiger partial charge is 0.135 e. The summed E-state index contributed by atoms with van der Waals surface area (Å²) in [6.07, 6.45) is 3.42. The highest BCUT2D eigenvalue weighted by Gasteiger charge is 2.02. The summed E-state index contributed by atoms with van der Waals surface area (Å²) < 4.78 is 4.90. The molecule has 0 aliphatic carbocycles. The van der Waals surface area contributed by atoms with Gasteiger partial charge < -0.3 is 9.84 Å². The van der Waals surface area contributed by atoms with Crippen LogP contribution < -0.4 is 0 Å². The Morgan fingerprint density at radius 3 is 1.88 bits per heavy atom. The third-order valence-corrected chi connectivity index (χ3v) is 2.49. The summed E-state index contributed by atoms with van der Waals surface area (Å²) in [5.41, 5.74) is 0.